The summed E-state index contributed by atoms with van der Waals surface area (Å²) in [5.41, 5.74) is 0.685. The summed E-state index contributed by atoms with van der Waals surface area (Å²) in [4.78, 5) is 11.3. The molecule has 0 saturated heterocycles. The number of hydrogen-bond acceptors (Lipinski definition) is 1. The van der Waals surface area contributed by atoms with Gasteiger partial charge in [-0.2, -0.15) is 0 Å². The molecular weight excluding hydrogens is 356 g/mol. The standard InChI is InChI=1S/C15H8Br2O/c16-14-7-11-5-9-3-1-2-4-10(9)6-12(11)13(8-18)15(14)17/h1-8H. The third-order valence-corrected chi connectivity index (χ3v) is 5.07. The smallest absolute Gasteiger partial charge is 0.151 e. The van der Waals surface area contributed by atoms with Crippen molar-refractivity contribution in [3.8, 4) is 0 Å². The van der Waals surface area contributed by atoms with Gasteiger partial charge < -0.3 is 0 Å². The second-order valence-corrected chi connectivity index (χ2v) is 5.77. The summed E-state index contributed by atoms with van der Waals surface area (Å²) in [6.07, 6.45) is 0.895. The van der Waals surface area contributed by atoms with Crippen LogP contribution in [0, 0.1) is 0 Å². The molecule has 1 nitrogen and oxygen atoms in total. The number of carbonyl (C=O) groups is 1. The van der Waals surface area contributed by atoms with Crippen LogP contribution >= 0.6 is 31.9 Å². The van der Waals surface area contributed by atoms with E-state index in [9.17, 15) is 4.79 Å². The van der Waals surface area contributed by atoms with Gasteiger partial charge in [-0.05, 0) is 71.6 Å². The number of hydrogen-bond donors (Lipinski definition) is 0. The fraction of sp³-hybridized carbons (Fsp3) is 0. The minimum atomic E-state index is 0.685. The topological polar surface area (TPSA) is 17.1 Å². The molecule has 0 unspecified atom stereocenters. The first-order valence-electron chi connectivity index (χ1n) is 5.46. The molecule has 3 aromatic carbocycles. The highest BCUT2D eigenvalue weighted by atomic mass is 79.9. The average Bonchev–Trinajstić information content (AvgIpc) is 2.38. The lowest BCUT2D eigenvalue weighted by Gasteiger charge is -2.08. The fourth-order valence-electron chi connectivity index (χ4n) is 2.17. The summed E-state index contributed by atoms with van der Waals surface area (Å²) < 4.78 is 1.70. The first-order chi connectivity index (χ1) is 8.70. The van der Waals surface area contributed by atoms with E-state index in [1.807, 2.05) is 18.2 Å². The highest BCUT2D eigenvalue weighted by Crippen LogP contribution is 2.34. The molecule has 0 amide bonds. The minimum absolute atomic E-state index is 0.685. The zero-order valence-corrected chi connectivity index (χ0v) is 12.5. The van der Waals surface area contributed by atoms with Gasteiger partial charge in [-0.3, -0.25) is 4.79 Å². The monoisotopic (exact) mass is 362 g/mol. The predicted octanol–water partition coefficient (Wildman–Crippen LogP) is 5.33. The van der Waals surface area contributed by atoms with Gasteiger partial charge in [0.15, 0.2) is 6.29 Å². The number of aldehydes is 1. The van der Waals surface area contributed by atoms with E-state index in [0.717, 1.165) is 31.4 Å². The van der Waals surface area contributed by atoms with Gasteiger partial charge in [0.25, 0.3) is 0 Å². The van der Waals surface area contributed by atoms with Crippen molar-refractivity contribution in [2.45, 2.75) is 0 Å². The third-order valence-electron chi connectivity index (χ3n) is 3.05. The van der Waals surface area contributed by atoms with E-state index in [2.05, 4.69) is 56.1 Å². The average molecular weight is 364 g/mol. The van der Waals surface area contributed by atoms with Crippen molar-refractivity contribution in [1.82, 2.24) is 0 Å². The van der Waals surface area contributed by atoms with Crippen LogP contribution in [0.25, 0.3) is 21.5 Å². The molecule has 88 valence electrons. The lowest BCUT2D eigenvalue weighted by molar-refractivity contribution is 0.112. The molecule has 3 heteroatoms. The number of rotatable bonds is 1. The Morgan fingerprint density at radius 2 is 1.56 bits per heavy atom. The predicted molar refractivity (Wildman–Crippen MR) is 82.2 cm³/mol. The lowest BCUT2D eigenvalue weighted by atomic mass is 10.0. The number of fused-ring (bicyclic) bond motifs is 2. The Kier molecular flexibility index (Phi) is 2.96. The molecule has 0 fully saturated rings. The molecule has 0 aliphatic heterocycles. The SMILES string of the molecule is O=Cc1c(Br)c(Br)cc2cc3ccccc3cc12. The van der Waals surface area contributed by atoms with Gasteiger partial charge in [0.05, 0.1) is 0 Å². The Morgan fingerprint density at radius 3 is 2.22 bits per heavy atom. The van der Waals surface area contributed by atoms with Gasteiger partial charge >= 0.3 is 0 Å². The fourth-order valence-corrected chi connectivity index (χ4v) is 3.05. The van der Waals surface area contributed by atoms with E-state index < -0.39 is 0 Å². The van der Waals surface area contributed by atoms with Crippen LogP contribution < -0.4 is 0 Å². The molecule has 18 heavy (non-hydrogen) atoms. The molecule has 0 aliphatic carbocycles. The summed E-state index contributed by atoms with van der Waals surface area (Å²) in [5.74, 6) is 0. The van der Waals surface area contributed by atoms with E-state index >= 15 is 0 Å². The van der Waals surface area contributed by atoms with Gasteiger partial charge in [0, 0.05) is 14.5 Å². The molecule has 3 rings (SSSR count). The van der Waals surface area contributed by atoms with Crippen molar-refractivity contribution in [2.24, 2.45) is 0 Å². The second-order valence-electron chi connectivity index (χ2n) is 4.12. The molecule has 0 atom stereocenters. The summed E-state index contributed by atoms with van der Waals surface area (Å²) in [6.45, 7) is 0. The summed E-state index contributed by atoms with van der Waals surface area (Å²) in [6, 6.07) is 14.3. The van der Waals surface area contributed by atoms with Crippen LogP contribution in [0.15, 0.2) is 51.4 Å². The van der Waals surface area contributed by atoms with Crippen molar-refractivity contribution < 1.29 is 4.79 Å². The van der Waals surface area contributed by atoms with Crippen molar-refractivity contribution in [3.05, 3.63) is 57.0 Å². The van der Waals surface area contributed by atoms with E-state index in [-0.39, 0.29) is 0 Å². The first kappa shape index (κ1) is 11.9. The Labute approximate surface area is 121 Å². The van der Waals surface area contributed by atoms with Crippen LogP contribution in [-0.4, -0.2) is 6.29 Å². The number of benzene rings is 3. The van der Waals surface area contributed by atoms with Gasteiger partial charge in [-0.1, -0.05) is 24.3 Å². The first-order valence-corrected chi connectivity index (χ1v) is 7.05. The van der Waals surface area contributed by atoms with E-state index in [1.165, 1.54) is 5.39 Å². The molecule has 0 N–H and O–H groups in total. The van der Waals surface area contributed by atoms with Crippen LogP contribution in [-0.2, 0) is 0 Å². The summed E-state index contributed by atoms with van der Waals surface area (Å²) in [7, 11) is 0. The molecule has 0 heterocycles. The Bertz CT molecular complexity index is 778. The van der Waals surface area contributed by atoms with E-state index in [4.69, 9.17) is 0 Å². The largest absolute Gasteiger partial charge is 0.298 e. The zero-order valence-electron chi connectivity index (χ0n) is 9.28. The summed E-state index contributed by atoms with van der Waals surface area (Å²) >= 11 is 6.91. The molecule has 0 saturated carbocycles. The minimum Gasteiger partial charge on any atom is -0.298 e. The van der Waals surface area contributed by atoms with E-state index in [0.29, 0.717) is 5.56 Å². The highest BCUT2D eigenvalue weighted by molar-refractivity contribution is 9.13. The molecule has 0 aromatic heterocycles. The highest BCUT2D eigenvalue weighted by Gasteiger charge is 2.10. The van der Waals surface area contributed by atoms with E-state index in [1.54, 1.807) is 0 Å². The maximum atomic E-state index is 11.3. The van der Waals surface area contributed by atoms with Crippen molar-refractivity contribution in [3.63, 3.8) is 0 Å². The van der Waals surface area contributed by atoms with Crippen molar-refractivity contribution in [1.29, 1.82) is 0 Å². The third kappa shape index (κ3) is 1.78. The molecule has 3 aromatic rings. The Balaban J connectivity index is 2.54. The summed E-state index contributed by atoms with van der Waals surface area (Å²) in [5, 5.41) is 4.35. The molecule has 0 bridgehead atoms. The van der Waals surface area contributed by atoms with Crippen molar-refractivity contribution in [2.75, 3.05) is 0 Å². The van der Waals surface area contributed by atoms with Gasteiger partial charge in [0.1, 0.15) is 0 Å². The zero-order chi connectivity index (χ0) is 12.7. The maximum Gasteiger partial charge on any atom is 0.151 e. The number of carbonyl (C=O) groups excluding carboxylic acids is 1. The van der Waals surface area contributed by atoms with Gasteiger partial charge in [-0.15, -0.1) is 0 Å². The maximum absolute atomic E-state index is 11.3. The Hall–Kier alpha value is -1.19. The van der Waals surface area contributed by atoms with Crippen LogP contribution in [0.4, 0.5) is 0 Å². The van der Waals surface area contributed by atoms with Crippen LogP contribution in [0.2, 0.25) is 0 Å². The second kappa shape index (κ2) is 4.48. The molecule has 0 spiro atoms. The normalized spacial score (nSPS) is 11.0. The number of halogens is 2. The lowest BCUT2D eigenvalue weighted by Crippen LogP contribution is -1.88. The van der Waals surface area contributed by atoms with Gasteiger partial charge in [0.2, 0.25) is 0 Å². The van der Waals surface area contributed by atoms with Gasteiger partial charge in [-0.25, -0.2) is 0 Å². The molecular formula is C15H8Br2O. The van der Waals surface area contributed by atoms with Crippen molar-refractivity contribution >= 4 is 59.7 Å². The Morgan fingerprint density at radius 1 is 0.889 bits per heavy atom. The van der Waals surface area contributed by atoms with Crippen LogP contribution in [0.1, 0.15) is 10.4 Å². The molecule has 0 aliphatic rings. The van der Waals surface area contributed by atoms with Crippen LogP contribution in [0.3, 0.4) is 0 Å². The quantitative estimate of drug-likeness (QED) is 0.421. The molecule has 0 radical (unpaired) electrons. The van der Waals surface area contributed by atoms with Crippen LogP contribution in [0.5, 0.6) is 0 Å².